The summed E-state index contributed by atoms with van der Waals surface area (Å²) in [7, 11) is 0. The molecule has 1 aliphatic heterocycles. The summed E-state index contributed by atoms with van der Waals surface area (Å²) in [6.07, 6.45) is 4.32. The van der Waals surface area contributed by atoms with Gasteiger partial charge in [-0.1, -0.05) is 0 Å². The van der Waals surface area contributed by atoms with E-state index < -0.39 is 5.97 Å². The van der Waals surface area contributed by atoms with E-state index in [9.17, 15) is 9.59 Å². The Labute approximate surface area is 109 Å². The Morgan fingerprint density at radius 1 is 1.56 bits per heavy atom. The first kappa shape index (κ1) is 13.0. The van der Waals surface area contributed by atoms with Crippen molar-refractivity contribution in [2.75, 3.05) is 6.54 Å². The van der Waals surface area contributed by atoms with Crippen LogP contribution in [0.1, 0.15) is 40.4 Å². The third kappa shape index (κ3) is 2.87. The zero-order valence-corrected chi connectivity index (χ0v) is 11.1. The number of carbonyl (C=O) groups is 2. The molecule has 0 aliphatic carbocycles. The summed E-state index contributed by atoms with van der Waals surface area (Å²) in [5.41, 5.74) is 0. The third-order valence-corrected chi connectivity index (χ3v) is 4.03. The number of thiazole rings is 1. The lowest BCUT2D eigenvalue weighted by atomic mass is 9.99. The molecule has 0 saturated carbocycles. The number of nitrogens with zero attached hydrogens (tertiary/aromatic N) is 2. The largest absolute Gasteiger partial charge is 0.481 e. The Hall–Kier alpha value is -1.43. The smallest absolute Gasteiger partial charge is 0.305 e. The van der Waals surface area contributed by atoms with Crippen LogP contribution in [0.3, 0.4) is 0 Å². The van der Waals surface area contributed by atoms with Gasteiger partial charge in [0, 0.05) is 12.6 Å². The number of carboxylic acid groups (broad SMARTS) is 1. The Morgan fingerprint density at radius 2 is 2.33 bits per heavy atom. The maximum absolute atomic E-state index is 12.3. The molecule has 1 aromatic rings. The van der Waals surface area contributed by atoms with Gasteiger partial charge in [0.2, 0.25) is 0 Å². The normalized spacial score (nSPS) is 19.8. The van der Waals surface area contributed by atoms with Crippen molar-refractivity contribution in [1.82, 2.24) is 9.88 Å². The zero-order chi connectivity index (χ0) is 13.1. The minimum atomic E-state index is -0.847. The van der Waals surface area contributed by atoms with E-state index in [-0.39, 0.29) is 18.4 Å². The van der Waals surface area contributed by atoms with Gasteiger partial charge >= 0.3 is 5.97 Å². The van der Waals surface area contributed by atoms with Gasteiger partial charge in [-0.15, -0.1) is 11.3 Å². The second kappa shape index (κ2) is 5.48. The third-order valence-electron chi connectivity index (χ3n) is 3.13. The lowest BCUT2D eigenvalue weighted by Gasteiger charge is -2.34. The lowest BCUT2D eigenvalue weighted by molar-refractivity contribution is -0.138. The van der Waals surface area contributed by atoms with Crippen LogP contribution in [0.5, 0.6) is 0 Å². The highest BCUT2D eigenvalue weighted by Crippen LogP contribution is 2.23. The maximum Gasteiger partial charge on any atom is 0.305 e. The van der Waals surface area contributed by atoms with Crippen LogP contribution < -0.4 is 0 Å². The van der Waals surface area contributed by atoms with Crippen LogP contribution in [0.2, 0.25) is 0 Å². The molecular weight excluding hydrogens is 252 g/mol. The molecule has 18 heavy (non-hydrogen) atoms. The molecule has 0 aromatic carbocycles. The van der Waals surface area contributed by atoms with Crippen molar-refractivity contribution >= 4 is 23.2 Å². The predicted octanol–water partition coefficient (Wildman–Crippen LogP) is 1.92. The maximum atomic E-state index is 12.3. The van der Waals surface area contributed by atoms with E-state index in [0.717, 1.165) is 24.3 Å². The van der Waals surface area contributed by atoms with Crippen LogP contribution in [-0.2, 0) is 4.79 Å². The van der Waals surface area contributed by atoms with Crippen LogP contribution in [0.15, 0.2) is 6.20 Å². The van der Waals surface area contributed by atoms with E-state index in [1.807, 2.05) is 6.92 Å². The second-order valence-electron chi connectivity index (χ2n) is 4.49. The van der Waals surface area contributed by atoms with Crippen LogP contribution >= 0.6 is 11.3 Å². The molecule has 0 spiro atoms. The molecular formula is C12H16N2O3S. The molecule has 2 rings (SSSR count). The van der Waals surface area contributed by atoms with E-state index in [0.29, 0.717) is 11.4 Å². The van der Waals surface area contributed by atoms with Gasteiger partial charge in [-0.05, 0) is 26.2 Å². The molecule has 2 heterocycles. The fraction of sp³-hybridized carbons (Fsp3) is 0.583. The topological polar surface area (TPSA) is 70.5 Å². The molecule has 5 nitrogen and oxygen atoms in total. The molecule has 1 atom stereocenters. The molecule has 1 saturated heterocycles. The number of hydrogen-bond donors (Lipinski definition) is 1. The van der Waals surface area contributed by atoms with Gasteiger partial charge < -0.3 is 10.0 Å². The van der Waals surface area contributed by atoms with Crippen molar-refractivity contribution in [3.63, 3.8) is 0 Å². The molecule has 1 amide bonds. The van der Waals surface area contributed by atoms with Gasteiger partial charge in [0.25, 0.3) is 5.91 Å². The number of aliphatic carboxylic acids is 1. The molecule has 0 radical (unpaired) electrons. The van der Waals surface area contributed by atoms with Gasteiger partial charge in [0.05, 0.1) is 17.6 Å². The highest BCUT2D eigenvalue weighted by atomic mass is 32.1. The van der Waals surface area contributed by atoms with Gasteiger partial charge in [0.1, 0.15) is 4.88 Å². The lowest BCUT2D eigenvalue weighted by Crippen LogP contribution is -2.44. The number of hydrogen-bond acceptors (Lipinski definition) is 4. The molecule has 1 aliphatic rings. The van der Waals surface area contributed by atoms with Crippen LogP contribution in [-0.4, -0.2) is 39.5 Å². The summed E-state index contributed by atoms with van der Waals surface area (Å²) >= 11 is 1.36. The molecule has 1 unspecified atom stereocenters. The molecule has 1 N–H and O–H groups in total. The molecule has 0 bridgehead atoms. The number of aromatic nitrogens is 1. The standard InChI is InChI=1S/C12H16N2O3S/c1-8-13-7-10(18-8)12(17)14-5-3-2-4-9(14)6-11(15)16/h7,9H,2-6H2,1H3,(H,15,16). The highest BCUT2D eigenvalue weighted by Gasteiger charge is 2.29. The summed E-state index contributed by atoms with van der Waals surface area (Å²) in [6.45, 7) is 2.50. The van der Waals surface area contributed by atoms with E-state index >= 15 is 0 Å². The van der Waals surface area contributed by atoms with Gasteiger partial charge in [-0.3, -0.25) is 9.59 Å². The number of likely N-dealkylation sites (tertiary alicyclic amines) is 1. The van der Waals surface area contributed by atoms with Crippen molar-refractivity contribution in [3.05, 3.63) is 16.1 Å². The first-order valence-electron chi connectivity index (χ1n) is 6.03. The van der Waals surface area contributed by atoms with Gasteiger partial charge in [-0.2, -0.15) is 0 Å². The molecule has 98 valence electrons. The van der Waals surface area contributed by atoms with Gasteiger partial charge in [-0.25, -0.2) is 4.98 Å². The average Bonchev–Trinajstić information content (AvgIpc) is 2.75. The van der Waals surface area contributed by atoms with Crippen molar-refractivity contribution in [2.45, 2.75) is 38.6 Å². The number of amides is 1. The summed E-state index contributed by atoms with van der Waals surface area (Å²) in [5.74, 6) is -0.924. The van der Waals surface area contributed by atoms with Crippen LogP contribution in [0.25, 0.3) is 0 Å². The van der Waals surface area contributed by atoms with Crippen molar-refractivity contribution in [2.24, 2.45) is 0 Å². The quantitative estimate of drug-likeness (QED) is 0.909. The summed E-state index contributed by atoms with van der Waals surface area (Å²) < 4.78 is 0. The second-order valence-corrected chi connectivity index (χ2v) is 5.72. The van der Waals surface area contributed by atoms with E-state index in [2.05, 4.69) is 4.98 Å². The number of rotatable bonds is 3. The van der Waals surface area contributed by atoms with Crippen LogP contribution in [0.4, 0.5) is 0 Å². The van der Waals surface area contributed by atoms with E-state index in [1.54, 1.807) is 11.1 Å². The molecule has 1 fully saturated rings. The Bertz CT molecular complexity index is 458. The summed E-state index contributed by atoms with van der Waals surface area (Å²) in [5, 5.41) is 9.74. The minimum absolute atomic E-state index is 0.0313. The van der Waals surface area contributed by atoms with E-state index in [4.69, 9.17) is 5.11 Å². The fourth-order valence-corrected chi connectivity index (χ4v) is 3.02. The highest BCUT2D eigenvalue weighted by molar-refractivity contribution is 7.13. The Balaban J connectivity index is 2.13. The number of carboxylic acids is 1. The number of piperidine rings is 1. The predicted molar refractivity (Wildman–Crippen MR) is 67.8 cm³/mol. The first-order valence-corrected chi connectivity index (χ1v) is 6.85. The van der Waals surface area contributed by atoms with Gasteiger partial charge in [0.15, 0.2) is 0 Å². The van der Waals surface area contributed by atoms with E-state index in [1.165, 1.54) is 11.3 Å². The summed E-state index contributed by atoms with van der Waals surface area (Å²) in [6, 6.07) is -0.175. The van der Waals surface area contributed by atoms with Crippen molar-refractivity contribution in [3.8, 4) is 0 Å². The van der Waals surface area contributed by atoms with Crippen molar-refractivity contribution in [1.29, 1.82) is 0 Å². The number of carbonyl (C=O) groups excluding carboxylic acids is 1. The SMILES string of the molecule is Cc1ncc(C(=O)N2CCCCC2CC(=O)O)s1. The first-order chi connectivity index (χ1) is 8.58. The van der Waals surface area contributed by atoms with Crippen LogP contribution in [0, 0.1) is 6.92 Å². The molecule has 1 aromatic heterocycles. The monoisotopic (exact) mass is 268 g/mol. The summed E-state index contributed by atoms with van der Waals surface area (Å²) in [4.78, 5) is 29.5. The average molecular weight is 268 g/mol. The molecule has 6 heteroatoms. The fourth-order valence-electron chi connectivity index (χ4n) is 2.28. The van der Waals surface area contributed by atoms with Crippen molar-refractivity contribution < 1.29 is 14.7 Å². The Morgan fingerprint density at radius 3 is 2.94 bits per heavy atom. The minimum Gasteiger partial charge on any atom is -0.481 e. The number of aryl methyl sites for hydroxylation is 1. The zero-order valence-electron chi connectivity index (χ0n) is 10.3. The Kier molecular flexibility index (Phi) is 3.96.